The van der Waals surface area contributed by atoms with Crippen LogP contribution in [0.1, 0.15) is 5.01 Å². The van der Waals surface area contributed by atoms with Gasteiger partial charge in [-0.1, -0.05) is 22.7 Å². The maximum atomic E-state index is 8.29. The van der Waals surface area contributed by atoms with E-state index in [1.54, 1.807) is 20.4 Å². The summed E-state index contributed by atoms with van der Waals surface area (Å²) in [6, 6.07) is 1.91. The summed E-state index contributed by atoms with van der Waals surface area (Å²) < 4.78 is 9.61. The Labute approximate surface area is 106 Å². The van der Waals surface area contributed by atoms with E-state index < -0.39 is 0 Å². The second-order valence-electron chi connectivity index (χ2n) is 2.52. The highest BCUT2D eigenvalue weighted by Crippen LogP contribution is 2.21. The van der Waals surface area contributed by atoms with Crippen molar-refractivity contribution in [1.82, 2.24) is 9.97 Å². The van der Waals surface area contributed by atoms with Crippen LogP contribution in [0.25, 0.3) is 0 Å². The summed E-state index contributed by atoms with van der Waals surface area (Å²) in [4.78, 5) is 7.50. The summed E-state index contributed by atoms with van der Waals surface area (Å²) in [7, 11) is 3.14. The molecule has 6 nitrogen and oxygen atoms in total. The average molecular weight is 270 g/mol. The first kappa shape index (κ1) is 13.2. The largest absolute Gasteiger partial charge is 0.486 e. The molecule has 0 radical (unpaired) electrons. The van der Waals surface area contributed by atoms with Crippen LogP contribution in [0.2, 0.25) is 0 Å². The van der Waals surface area contributed by atoms with Crippen LogP contribution in [-0.2, 0) is 0 Å². The smallest absolute Gasteiger partial charge is 0.197 e. The first-order valence-electron chi connectivity index (χ1n) is 4.34. The number of thiazole rings is 2. The van der Waals surface area contributed by atoms with Gasteiger partial charge < -0.3 is 15.2 Å². The Kier molecular flexibility index (Phi) is 5.19. The van der Waals surface area contributed by atoms with Crippen molar-refractivity contribution in [2.24, 2.45) is 0 Å². The lowest BCUT2D eigenvalue weighted by atomic mass is 10.8. The molecule has 0 aliphatic heterocycles. The predicted octanol–water partition coefficient (Wildman–Crippen LogP) is 1.76. The second kappa shape index (κ2) is 6.67. The number of nitrogens with zero attached hydrogens (tertiary/aromatic N) is 3. The molecule has 2 aromatic heterocycles. The highest BCUT2D eigenvalue weighted by Gasteiger charge is 1.97. The third-order valence-electron chi connectivity index (χ3n) is 1.48. The molecule has 2 N–H and O–H groups in total. The van der Waals surface area contributed by atoms with Crippen LogP contribution in [-0.4, -0.2) is 24.2 Å². The molecule has 0 amide bonds. The number of nitrogen functional groups attached to an aromatic ring is 1. The van der Waals surface area contributed by atoms with Crippen molar-refractivity contribution >= 4 is 27.8 Å². The van der Waals surface area contributed by atoms with Crippen molar-refractivity contribution in [3.63, 3.8) is 0 Å². The molecular formula is C9H10N4O2S2. The summed E-state index contributed by atoms with van der Waals surface area (Å²) in [6.45, 7) is 0. The minimum Gasteiger partial charge on any atom is -0.486 e. The summed E-state index contributed by atoms with van der Waals surface area (Å²) >= 11 is 2.57. The summed E-state index contributed by atoms with van der Waals surface area (Å²) in [5, 5.41) is 10.7. The molecule has 0 saturated heterocycles. The maximum absolute atomic E-state index is 8.29. The highest BCUT2D eigenvalue weighted by atomic mass is 32.1. The van der Waals surface area contributed by atoms with Gasteiger partial charge in [-0.2, -0.15) is 5.26 Å². The molecule has 0 atom stereocenters. The normalized spacial score (nSPS) is 8.76. The molecule has 2 heterocycles. The van der Waals surface area contributed by atoms with Gasteiger partial charge in [0.05, 0.1) is 26.6 Å². The van der Waals surface area contributed by atoms with Gasteiger partial charge in [0.2, 0.25) is 0 Å². The SMILES string of the molecule is COc1cnc(C#N)s1.COc1cnc(N)s1. The quantitative estimate of drug-likeness (QED) is 0.893. The minimum absolute atomic E-state index is 0.437. The van der Waals surface area contributed by atoms with Gasteiger partial charge in [0, 0.05) is 0 Å². The maximum Gasteiger partial charge on any atom is 0.197 e. The molecule has 17 heavy (non-hydrogen) atoms. The molecule has 0 spiro atoms. The van der Waals surface area contributed by atoms with Crippen molar-refractivity contribution in [3.05, 3.63) is 17.4 Å². The molecule has 0 unspecified atom stereocenters. The third-order valence-corrected chi connectivity index (χ3v) is 3.14. The lowest BCUT2D eigenvalue weighted by Gasteiger charge is -1.85. The van der Waals surface area contributed by atoms with Gasteiger partial charge in [-0.25, -0.2) is 9.97 Å². The standard InChI is InChI=1S/C5H4N2OS.C4H6N2OS/c1-8-5-3-7-4(2-6)9-5;1-7-3-2-6-4(5)8-3/h3H,1H3;2H,1H3,(H2,5,6). The molecule has 2 rings (SSSR count). The van der Waals surface area contributed by atoms with Crippen molar-refractivity contribution in [2.75, 3.05) is 20.0 Å². The topological polar surface area (TPSA) is 94.0 Å². The van der Waals surface area contributed by atoms with E-state index in [0.717, 1.165) is 5.06 Å². The number of nitriles is 1. The van der Waals surface area contributed by atoms with Crippen LogP contribution in [0.3, 0.4) is 0 Å². The highest BCUT2D eigenvalue weighted by molar-refractivity contribution is 7.17. The Morgan fingerprint density at radius 2 is 1.76 bits per heavy atom. The van der Waals surface area contributed by atoms with Crippen LogP contribution in [0.5, 0.6) is 10.1 Å². The first-order chi connectivity index (χ1) is 8.19. The summed E-state index contributed by atoms with van der Waals surface area (Å²) in [5.41, 5.74) is 5.28. The molecule has 8 heteroatoms. The molecule has 0 fully saturated rings. The fourth-order valence-electron chi connectivity index (χ4n) is 0.772. The zero-order chi connectivity index (χ0) is 12.7. The van der Waals surface area contributed by atoms with E-state index in [-0.39, 0.29) is 0 Å². The van der Waals surface area contributed by atoms with Gasteiger partial charge >= 0.3 is 0 Å². The van der Waals surface area contributed by atoms with E-state index >= 15 is 0 Å². The van der Waals surface area contributed by atoms with Gasteiger partial charge in [-0.05, 0) is 0 Å². The van der Waals surface area contributed by atoms with Crippen molar-refractivity contribution in [1.29, 1.82) is 5.26 Å². The van der Waals surface area contributed by atoms with Crippen LogP contribution in [0.4, 0.5) is 5.13 Å². The zero-order valence-electron chi connectivity index (χ0n) is 9.21. The fraction of sp³-hybridized carbons (Fsp3) is 0.222. The lowest BCUT2D eigenvalue weighted by Crippen LogP contribution is -1.77. The van der Waals surface area contributed by atoms with E-state index in [0.29, 0.717) is 15.2 Å². The molecule has 2 aromatic rings. The first-order valence-corrected chi connectivity index (χ1v) is 5.98. The molecule has 90 valence electrons. The van der Waals surface area contributed by atoms with E-state index in [9.17, 15) is 0 Å². The molecule has 0 aromatic carbocycles. The van der Waals surface area contributed by atoms with Crippen LogP contribution >= 0.6 is 22.7 Å². The third kappa shape index (κ3) is 4.26. The number of nitrogens with two attached hydrogens (primary N) is 1. The number of aromatic nitrogens is 2. The molecule has 0 saturated carbocycles. The average Bonchev–Trinajstić information content (AvgIpc) is 2.97. The Morgan fingerprint density at radius 3 is 2.06 bits per heavy atom. The summed E-state index contributed by atoms with van der Waals surface area (Å²) in [6.07, 6.45) is 3.13. The second-order valence-corrected chi connectivity index (χ2v) is 4.54. The van der Waals surface area contributed by atoms with Gasteiger partial charge in [0.1, 0.15) is 6.07 Å². The Bertz CT molecular complexity index is 503. The molecule has 0 aliphatic rings. The van der Waals surface area contributed by atoms with E-state index in [2.05, 4.69) is 9.97 Å². The minimum atomic E-state index is 0.437. The molecule has 0 bridgehead atoms. The molecular weight excluding hydrogens is 260 g/mol. The lowest BCUT2D eigenvalue weighted by molar-refractivity contribution is 0.426. The van der Waals surface area contributed by atoms with E-state index in [4.69, 9.17) is 20.5 Å². The van der Waals surface area contributed by atoms with Crippen molar-refractivity contribution < 1.29 is 9.47 Å². The molecule has 0 aliphatic carbocycles. The fourth-order valence-corrected chi connectivity index (χ4v) is 1.80. The Balaban J connectivity index is 0.000000171. The predicted molar refractivity (Wildman–Crippen MR) is 66.5 cm³/mol. The number of hydrogen-bond acceptors (Lipinski definition) is 8. The number of rotatable bonds is 2. The van der Waals surface area contributed by atoms with Crippen molar-refractivity contribution in [2.45, 2.75) is 0 Å². The van der Waals surface area contributed by atoms with Crippen molar-refractivity contribution in [3.8, 4) is 16.2 Å². The van der Waals surface area contributed by atoms with Gasteiger partial charge in [-0.3, -0.25) is 0 Å². The zero-order valence-corrected chi connectivity index (χ0v) is 10.8. The monoisotopic (exact) mass is 270 g/mol. The summed E-state index contributed by atoms with van der Waals surface area (Å²) in [5.74, 6) is 0. The van der Waals surface area contributed by atoms with Crippen LogP contribution < -0.4 is 15.2 Å². The number of hydrogen-bond donors (Lipinski definition) is 1. The number of methoxy groups -OCH3 is 2. The Hall–Kier alpha value is -1.85. The van der Waals surface area contributed by atoms with E-state index in [1.165, 1.54) is 28.9 Å². The van der Waals surface area contributed by atoms with Gasteiger partial charge in [0.15, 0.2) is 20.3 Å². The van der Waals surface area contributed by atoms with Gasteiger partial charge in [-0.15, -0.1) is 0 Å². The Morgan fingerprint density at radius 1 is 1.18 bits per heavy atom. The van der Waals surface area contributed by atoms with Gasteiger partial charge in [0.25, 0.3) is 0 Å². The van der Waals surface area contributed by atoms with E-state index in [1.807, 2.05) is 6.07 Å². The number of ether oxygens (including phenoxy) is 2. The number of anilines is 1. The van der Waals surface area contributed by atoms with Crippen LogP contribution in [0, 0.1) is 11.3 Å². The van der Waals surface area contributed by atoms with Crippen LogP contribution in [0.15, 0.2) is 12.4 Å².